The Bertz CT molecular complexity index is 1170. The Morgan fingerprint density at radius 2 is 1.79 bits per heavy atom. The summed E-state index contributed by atoms with van der Waals surface area (Å²) in [6.45, 7) is 2.97. The molecular weight excluding hydrogens is 458 g/mol. The molecule has 0 radical (unpaired) electrons. The van der Waals surface area contributed by atoms with Gasteiger partial charge in [0.2, 0.25) is 10.0 Å². The van der Waals surface area contributed by atoms with Crippen molar-refractivity contribution in [2.24, 2.45) is 0 Å². The summed E-state index contributed by atoms with van der Waals surface area (Å²) in [6, 6.07) is 18.0. The first-order chi connectivity index (χ1) is 16.0. The van der Waals surface area contributed by atoms with Gasteiger partial charge in [-0.3, -0.25) is 4.79 Å². The van der Waals surface area contributed by atoms with Crippen molar-refractivity contribution in [1.82, 2.24) is 9.62 Å². The lowest BCUT2D eigenvalue weighted by Gasteiger charge is -2.36. The van der Waals surface area contributed by atoms with E-state index in [-0.39, 0.29) is 10.8 Å². The van der Waals surface area contributed by atoms with Crippen LogP contribution in [0.4, 0.5) is 5.69 Å². The molecule has 1 aliphatic rings. The lowest BCUT2D eigenvalue weighted by atomic mass is 10.1. The summed E-state index contributed by atoms with van der Waals surface area (Å²) in [5, 5.41) is 1.97. The van der Waals surface area contributed by atoms with E-state index in [1.165, 1.54) is 12.1 Å². The number of anilines is 1. The first-order valence-electron chi connectivity index (χ1n) is 10.8. The van der Waals surface area contributed by atoms with E-state index in [1.807, 2.05) is 41.8 Å². The molecule has 4 rings (SSSR count). The minimum atomic E-state index is -3.61. The number of rotatable bonds is 8. The van der Waals surface area contributed by atoms with Crippen molar-refractivity contribution in [3.8, 4) is 5.75 Å². The minimum absolute atomic E-state index is 0.0881. The number of carbonyl (C=O) groups is 1. The van der Waals surface area contributed by atoms with Crippen LogP contribution in [0, 0.1) is 0 Å². The quantitative estimate of drug-likeness (QED) is 0.530. The maximum Gasteiger partial charge on any atom is 0.253 e. The van der Waals surface area contributed by atoms with Crippen molar-refractivity contribution in [3.05, 3.63) is 76.5 Å². The molecule has 0 atom stereocenters. The molecule has 0 bridgehead atoms. The Hall–Kier alpha value is -2.88. The number of nitrogens with zero attached hydrogens (tertiary/aromatic N) is 2. The Kier molecular flexibility index (Phi) is 7.32. The molecule has 1 fully saturated rings. The second kappa shape index (κ2) is 10.4. The zero-order valence-corrected chi connectivity index (χ0v) is 20.1. The molecule has 0 unspecified atom stereocenters. The lowest BCUT2D eigenvalue weighted by Crippen LogP contribution is -2.48. The van der Waals surface area contributed by atoms with Gasteiger partial charge in [-0.05, 0) is 54.3 Å². The SMILES string of the molecule is COc1cccc(N2CCN(C(=O)c3ccc(S(=O)(=O)NCCc4cccs4)cc3)CC2)c1. The zero-order valence-electron chi connectivity index (χ0n) is 18.4. The van der Waals surface area contributed by atoms with Crippen LogP contribution in [0.2, 0.25) is 0 Å². The van der Waals surface area contributed by atoms with Gasteiger partial charge in [0.05, 0.1) is 12.0 Å². The third-order valence-electron chi connectivity index (χ3n) is 5.64. The fraction of sp³-hybridized carbons (Fsp3) is 0.292. The standard InChI is InChI=1S/C24H27N3O4S2/c1-31-21-5-2-4-20(18-21)26-13-15-27(16-14-26)24(28)19-7-9-23(10-8-19)33(29,30)25-12-11-22-6-3-17-32-22/h2-10,17-18,25H,11-16H2,1H3. The molecule has 174 valence electrons. The van der Waals surface area contributed by atoms with Gasteiger partial charge in [0, 0.05) is 54.9 Å². The number of methoxy groups -OCH3 is 1. The van der Waals surface area contributed by atoms with Crippen molar-refractivity contribution in [1.29, 1.82) is 0 Å². The van der Waals surface area contributed by atoms with Gasteiger partial charge >= 0.3 is 0 Å². The molecule has 1 aliphatic heterocycles. The largest absolute Gasteiger partial charge is 0.497 e. The summed E-state index contributed by atoms with van der Waals surface area (Å²) >= 11 is 1.60. The number of piperazine rings is 1. The smallest absolute Gasteiger partial charge is 0.253 e. The maximum absolute atomic E-state index is 12.9. The third-order valence-corrected chi connectivity index (χ3v) is 8.05. The van der Waals surface area contributed by atoms with E-state index >= 15 is 0 Å². The van der Waals surface area contributed by atoms with Gasteiger partial charge in [0.15, 0.2) is 0 Å². The predicted octanol–water partition coefficient (Wildman–Crippen LogP) is 3.24. The van der Waals surface area contributed by atoms with E-state index in [1.54, 1.807) is 35.5 Å². The predicted molar refractivity (Wildman–Crippen MR) is 131 cm³/mol. The molecule has 1 aromatic heterocycles. The van der Waals surface area contributed by atoms with Crippen LogP contribution >= 0.6 is 11.3 Å². The number of hydrogen-bond donors (Lipinski definition) is 1. The average molecular weight is 486 g/mol. The van der Waals surface area contributed by atoms with Crippen LogP contribution in [-0.2, 0) is 16.4 Å². The van der Waals surface area contributed by atoms with Crippen LogP contribution < -0.4 is 14.4 Å². The first kappa shape index (κ1) is 23.3. The zero-order chi connectivity index (χ0) is 23.3. The van der Waals surface area contributed by atoms with E-state index in [0.29, 0.717) is 31.6 Å². The van der Waals surface area contributed by atoms with Crippen molar-refractivity contribution < 1.29 is 17.9 Å². The molecule has 0 saturated carbocycles. The summed E-state index contributed by atoms with van der Waals surface area (Å²) < 4.78 is 33.0. The molecule has 1 amide bonds. The number of sulfonamides is 1. The molecule has 3 aromatic rings. The highest BCUT2D eigenvalue weighted by atomic mass is 32.2. The Morgan fingerprint density at radius 3 is 2.45 bits per heavy atom. The van der Waals surface area contributed by atoms with Gasteiger partial charge < -0.3 is 14.5 Å². The number of carbonyl (C=O) groups excluding carboxylic acids is 1. The van der Waals surface area contributed by atoms with Crippen LogP contribution in [-0.4, -0.2) is 59.1 Å². The lowest BCUT2D eigenvalue weighted by molar-refractivity contribution is 0.0746. The highest BCUT2D eigenvalue weighted by molar-refractivity contribution is 7.89. The third kappa shape index (κ3) is 5.73. The summed E-state index contributed by atoms with van der Waals surface area (Å²) in [5.41, 5.74) is 1.56. The van der Waals surface area contributed by atoms with Crippen LogP contribution in [0.1, 0.15) is 15.2 Å². The van der Waals surface area contributed by atoms with Gasteiger partial charge in [-0.15, -0.1) is 11.3 Å². The highest BCUT2D eigenvalue weighted by Gasteiger charge is 2.23. The van der Waals surface area contributed by atoms with Crippen molar-refractivity contribution in [2.45, 2.75) is 11.3 Å². The van der Waals surface area contributed by atoms with Crippen LogP contribution in [0.5, 0.6) is 5.75 Å². The first-order valence-corrected chi connectivity index (χ1v) is 13.1. The topological polar surface area (TPSA) is 79.0 Å². The molecule has 0 spiro atoms. The van der Waals surface area contributed by atoms with Crippen LogP contribution in [0.3, 0.4) is 0 Å². The monoisotopic (exact) mass is 485 g/mol. The fourth-order valence-corrected chi connectivity index (χ4v) is 5.52. The summed E-state index contributed by atoms with van der Waals surface area (Å²) in [7, 11) is -1.97. The second-order valence-corrected chi connectivity index (χ2v) is 10.5. The van der Waals surface area contributed by atoms with Gasteiger partial charge in [0.1, 0.15) is 5.75 Å². The van der Waals surface area contributed by atoms with E-state index < -0.39 is 10.0 Å². The molecular formula is C24H27N3O4S2. The molecule has 2 aromatic carbocycles. The molecule has 2 heterocycles. The van der Waals surface area contributed by atoms with Crippen molar-refractivity contribution in [2.75, 3.05) is 44.7 Å². The van der Waals surface area contributed by atoms with Gasteiger partial charge in [-0.1, -0.05) is 12.1 Å². The van der Waals surface area contributed by atoms with Gasteiger partial charge in [-0.25, -0.2) is 13.1 Å². The highest BCUT2D eigenvalue weighted by Crippen LogP contribution is 2.23. The minimum Gasteiger partial charge on any atom is -0.497 e. The molecule has 1 saturated heterocycles. The second-order valence-electron chi connectivity index (χ2n) is 7.73. The Labute approximate surface area is 198 Å². The Balaban J connectivity index is 1.32. The molecule has 0 aliphatic carbocycles. The maximum atomic E-state index is 12.9. The molecule has 7 nitrogen and oxygen atoms in total. The molecule has 33 heavy (non-hydrogen) atoms. The number of ether oxygens (including phenoxy) is 1. The average Bonchev–Trinajstić information content (AvgIpc) is 3.37. The van der Waals surface area contributed by atoms with E-state index in [4.69, 9.17) is 4.74 Å². The Morgan fingerprint density at radius 1 is 1.03 bits per heavy atom. The van der Waals surface area contributed by atoms with Gasteiger partial charge in [0.25, 0.3) is 5.91 Å². The number of nitrogens with one attached hydrogen (secondary N) is 1. The van der Waals surface area contributed by atoms with Crippen molar-refractivity contribution >= 4 is 33.0 Å². The molecule has 9 heteroatoms. The fourth-order valence-electron chi connectivity index (χ4n) is 3.78. The number of hydrogen-bond acceptors (Lipinski definition) is 6. The van der Waals surface area contributed by atoms with E-state index in [2.05, 4.69) is 9.62 Å². The van der Waals surface area contributed by atoms with Gasteiger partial charge in [-0.2, -0.15) is 0 Å². The number of thiophene rings is 1. The van der Waals surface area contributed by atoms with Crippen molar-refractivity contribution in [3.63, 3.8) is 0 Å². The van der Waals surface area contributed by atoms with Crippen LogP contribution in [0.25, 0.3) is 0 Å². The molecule has 1 N–H and O–H groups in total. The summed E-state index contributed by atoms with van der Waals surface area (Å²) in [4.78, 5) is 18.3. The number of amides is 1. The summed E-state index contributed by atoms with van der Waals surface area (Å²) in [5.74, 6) is 0.719. The van der Waals surface area contributed by atoms with E-state index in [9.17, 15) is 13.2 Å². The summed E-state index contributed by atoms with van der Waals surface area (Å²) in [6.07, 6.45) is 0.648. The van der Waals surface area contributed by atoms with Crippen LogP contribution in [0.15, 0.2) is 70.9 Å². The number of benzene rings is 2. The normalized spacial score (nSPS) is 14.3. The van der Waals surface area contributed by atoms with E-state index in [0.717, 1.165) is 29.4 Å².